The predicted molar refractivity (Wildman–Crippen MR) is 57.8 cm³/mol. The van der Waals surface area contributed by atoms with Gasteiger partial charge in [-0.15, -0.1) is 0 Å². The van der Waals surface area contributed by atoms with Crippen molar-refractivity contribution in [3.8, 4) is 5.75 Å². The van der Waals surface area contributed by atoms with E-state index >= 15 is 0 Å². The molecule has 0 aliphatic heterocycles. The first-order valence-corrected chi connectivity index (χ1v) is 4.67. The highest BCUT2D eigenvalue weighted by atomic mass is 35.5. The summed E-state index contributed by atoms with van der Waals surface area (Å²) in [5.41, 5.74) is 7.64. The Morgan fingerprint density at radius 1 is 1.50 bits per heavy atom. The molecular formula is C10H11ClN2O. The van der Waals surface area contributed by atoms with Gasteiger partial charge in [0, 0.05) is 29.7 Å². The fraction of sp³-hybridized carbons (Fsp3) is 0.200. The third-order valence-electron chi connectivity index (χ3n) is 2.26. The molecule has 2 rings (SSSR count). The van der Waals surface area contributed by atoms with Gasteiger partial charge in [-0.25, -0.2) is 0 Å². The van der Waals surface area contributed by atoms with Gasteiger partial charge in [0.1, 0.15) is 5.75 Å². The maximum atomic E-state index is 6.01. The molecule has 3 nitrogen and oxygen atoms in total. The highest BCUT2D eigenvalue weighted by Gasteiger charge is 2.07. The van der Waals surface area contributed by atoms with Crippen molar-refractivity contribution in [1.82, 2.24) is 4.98 Å². The van der Waals surface area contributed by atoms with Crippen molar-refractivity contribution in [2.45, 2.75) is 6.54 Å². The fourth-order valence-electron chi connectivity index (χ4n) is 1.51. The Balaban J connectivity index is 2.69. The van der Waals surface area contributed by atoms with Crippen LogP contribution in [0.1, 0.15) is 5.56 Å². The van der Waals surface area contributed by atoms with E-state index in [1.807, 2.05) is 18.3 Å². The summed E-state index contributed by atoms with van der Waals surface area (Å²) in [7, 11) is 1.60. The number of hydrogen-bond acceptors (Lipinski definition) is 2. The Morgan fingerprint density at radius 3 is 2.93 bits per heavy atom. The van der Waals surface area contributed by atoms with Crippen LogP contribution in [0.4, 0.5) is 0 Å². The summed E-state index contributed by atoms with van der Waals surface area (Å²) in [6.07, 6.45) is 1.89. The van der Waals surface area contributed by atoms with Gasteiger partial charge in [0.05, 0.1) is 12.1 Å². The van der Waals surface area contributed by atoms with Crippen LogP contribution in [0.3, 0.4) is 0 Å². The molecule has 0 radical (unpaired) electrons. The average molecular weight is 211 g/mol. The second-order valence-corrected chi connectivity index (χ2v) is 3.46. The van der Waals surface area contributed by atoms with Crippen LogP contribution in [0.2, 0.25) is 5.02 Å². The Hall–Kier alpha value is -1.19. The zero-order valence-electron chi connectivity index (χ0n) is 7.80. The van der Waals surface area contributed by atoms with Gasteiger partial charge in [-0.1, -0.05) is 11.6 Å². The fourth-order valence-corrected chi connectivity index (χ4v) is 1.75. The molecule has 4 heteroatoms. The van der Waals surface area contributed by atoms with Gasteiger partial charge in [0.2, 0.25) is 0 Å². The Bertz CT molecular complexity index is 464. The van der Waals surface area contributed by atoms with Crippen molar-refractivity contribution < 1.29 is 4.74 Å². The number of fused-ring (bicyclic) bond motifs is 1. The molecule has 0 aliphatic rings. The van der Waals surface area contributed by atoms with Crippen molar-refractivity contribution in [2.24, 2.45) is 5.73 Å². The van der Waals surface area contributed by atoms with E-state index in [1.165, 1.54) is 0 Å². The lowest BCUT2D eigenvalue weighted by molar-refractivity contribution is 0.415. The van der Waals surface area contributed by atoms with Gasteiger partial charge < -0.3 is 15.5 Å². The molecule has 0 fully saturated rings. The standard InChI is InChI=1S/C10H11ClN2O/c1-14-10-3-9-7(2-8(10)11)6(4-12)5-13-9/h2-3,5,13H,4,12H2,1H3. The van der Waals surface area contributed by atoms with Gasteiger partial charge in [-0.2, -0.15) is 0 Å². The maximum Gasteiger partial charge on any atom is 0.139 e. The summed E-state index contributed by atoms with van der Waals surface area (Å²) >= 11 is 6.01. The van der Waals surface area contributed by atoms with E-state index in [0.29, 0.717) is 17.3 Å². The number of methoxy groups -OCH3 is 1. The molecule has 0 aliphatic carbocycles. The molecule has 0 bridgehead atoms. The average Bonchev–Trinajstić information content (AvgIpc) is 2.58. The first kappa shape index (κ1) is 9.37. The number of hydrogen-bond donors (Lipinski definition) is 2. The summed E-state index contributed by atoms with van der Waals surface area (Å²) in [5.74, 6) is 0.671. The number of halogens is 1. The lowest BCUT2D eigenvalue weighted by Crippen LogP contribution is -1.94. The Labute approximate surface area is 86.8 Å². The summed E-state index contributed by atoms with van der Waals surface area (Å²) in [6, 6.07) is 3.74. The lowest BCUT2D eigenvalue weighted by Gasteiger charge is -2.03. The second kappa shape index (κ2) is 3.52. The zero-order chi connectivity index (χ0) is 10.1. The van der Waals surface area contributed by atoms with Crippen molar-refractivity contribution in [3.63, 3.8) is 0 Å². The number of benzene rings is 1. The Morgan fingerprint density at radius 2 is 2.29 bits per heavy atom. The topological polar surface area (TPSA) is 51.0 Å². The quantitative estimate of drug-likeness (QED) is 0.799. The molecule has 0 amide bonds. The summed E-state index contributed by atoms with van der Waals surface area (Å²) in [6.45, 7) is 0.503. The first-order valence-electron chi connectivity index (χ1n) is 4.30. The minimum absolute atomic E-state index is 0.503. The molecule has 74 valence electrons. The van der Waals surface area contributed by atoms with Crippen LogP contribution >= 0.6 is 11.6 Å². The monoisotopic (exact) mass is 210 g/mol. The number of aromatic nitrogens is 1. The number of nitrogens with two attached hydrogens (primary N) is 1. The molecule has 0 unspecified atom stereocenters. The zero-order valence-corrected chi connectivity index (χ0v) is 8.56. The predicted octanol–water partition coefficient (Wildman–Crippen LogP) is 2.29. The molecule has 1 aromatic heterocycles. The van der Waals surface area contributed by atoms with Gasteiger partial charge in [-0.05, 0) is 11.6 Å². The van der Waals surface area contributed by atoms with E-state index in [9.17, 15) is 0 Å². The minimum atomic E-state index is 0.503. The third kappa shape index (κ3) is 1.35. The Kier molecular flexibility index (Phi) is 2.35. The van der Waals surface area contributed by atoms with Crippen LogP contribution in [0, 0.1) is 0 Å². The molecule has 1 aromatic carbocycles. The highest BCUT2D eigenvalue weighted by molar-refractivity contribution is 6.32. The van der Waals surface area contributed by atoms with E-state index < -0.39 is 0 Å². The molecule has 0 atom stereocenters. The van der Waals surface area contributed by atoms with Crippen LogP contribution in [-0.4, -0.2) is 12.1 Å². The van der Waals surface area contributed by atoms with Crippen molar-refractivity contribution in [2.75, 3.05) is 7.11 Å². The van der Waals surface area contributed by atoms with E-state index in [1.54, 1.807) is 7.11 Å². The summed E-state index contributed by atoms with van der Waals surface area (Å²) in [4.78, 5) is 3.12. The van der Waals surface area contributed by atoms with E-state index in [0.717, 1.165) is 16.5 Å². The van der Waals surface area contributed by atoms with Gasteiger partial charge >= 0.3 is 0 Å². The molecule has 1 heterocycles. The second-order valence-electron chi connectivity index (χ2n) is 3.05. The van der Waals surface area contributed by atoms with Crippen LogP contribution in [-0.2, 0) is 6.54 Å². The SMILES string of the molecule is COc1cc2[nH]cc(CN)c2cc1Cl. The van der Waals surface area contributed by atoms with Crippen molar-refractivity contribution >= 4 is 22.5 Å². The number of ether oxygens (including phenoxy) is 1. The molecule has 0 saturated carbocycles. The maximum absolute atomic E-state index is 6.01. The van der Waals surface area contributed by atoms with Gasteiger partial charge in [0.25, 0.3) is 0 Å². The van der Waals surface area contributed by atoms with Gasteiger partial charge in [-0.3, -0.25) is 0 Å². The summed E-state index contributed by atoms with van der Waals surface area (Å²) in [5, 5.41) is 1.66. The number of rotatable bonds is 2. The van der Waals surface area contributed by atoms with Crippen LogP contribution in [0.25, 0.3) is 10.9 Å². The van der Waals surface area contributed by atoms with Gasteiger partial charge in [0.15, 0.2) is 0 Å². The number of H-pyrrole nitrogens is 1. The van der Waals surface area contributed by atoms with Crippen molar-refractivity contribution in [1.29, 1.82) is 0 Å². The smallest absolute Gasteiger partial charge is 0.139 e. The molecule has 0 saturated heterocycles. The normalized spacial score (nSPS) is 10.8. The molecular weight excluding hydrogens is 200 g/mol. The van der Waals surface area contributed by atoms with Crippen LogP contribution in [0.5, 0.6) is 5.75 Å². The number of aromatic amines is 1. The molecule has 3 N–H and O–H groups in total. The third-order valence-corrected chi connectivity index (χ3v) is 2.56. The highest BCUT2D eigenvalue weighted by Crippen LogP contribution is 2.30. The molecule has 0 spiro atoms. The van der Waals surface area contributed by atoms with Crippen LogP contribution < -0.4 is 10.5 Å². The summed E-state index contributed by atoms with van der Waals surface area (Å²) < 4.78 is 5.11. The number of nitrogens with one attached hydrogen (secondary N) is 1. The lowest BCUT2D eigenvalue weighted by atomic mass is 10.2. The first-order chi connectivity index (χ1) is 6.76. The minimum Gasteiger partial charge on any atom is -0.495 e. The van der Waals surface area contributed by atoms with E-state index in [2.05, 4.69) is 4.98 Å². The molecule has 2 aromatic rings. The van der Waals surface area contributed by atoms with Crippen LogP contribution in [0.15, 0.2) is 18.3 Å². The largest absolute Gasteiger partial charge is 0.495 e. The molecule has 14 heavy (non-hydrogen) atoms. The van der Waals surface area contributed by atoms with Crippen molar-refractivity contribution in [3.05, 3.63) is 28.9 Å². The van der Waals surface area contributed by atoms with E-state index in [-0.39, 0.29) is 0 Å². The van der Waals surface area contributed by atoms with E-state index in [4.69, 9.17) is 22.1 Å².